The monoisotopic (exact) mass is 433 g/mol. The van der Waals surface area contributed by atoms with Crippen molar-refractivity contribution in [3.8, 4) is 0 Å². The van der Waals surface area contributed by atoms with Gasteiger partial charge in [-0.1, -0.05) is 81.4 Å². The number of nitrogens with one attached hydrogen (secondary N) is 1. The van der Waals surface area contributed by atoms with E-state index in [0.717, 1.165) is 36.8 Å². The molecular formula is C27H35N3O2. The Kier molecular flexibility index (Phi) is 6.13. The van der Waals surface area contributed by atoms with Gasteiger partial charge in [-0.2, -0.15) is 0 Å². The molecule has 1 spiro atoms. The van der Waals surface area contributed by atoms with Crippen molar-refractivity contribution in [2.45, 2.75) is 58.0 Å². The highest BCUT2D eigenvalue weighted by Gasteiger charge is 2.53. The maximum Gasteiger partial charge on any atom is 0.326 e. The van der Waals surface area contributed by atoms with Gasteiger partial charge in [0.05, 0.1) is 12.7 Å². The second-order valence-corrected chi connectivity index (χ2v) is 10.5. The van der Waals surface area contributed by atoms with Crippen LogP contribution in [0.5, 0.6) is 0 Å². The average Bonchev–Trinajstić information content (AvgIpc) is 2.99. The third-order valence-electron chi connectivity index (χ3n) is 7.35. The van der Waals surface area contributed by atoms with E-state index in [9.17, 15) is 9.59 Å². The van der Waals surface area contributed by atoms with Crippen LogP contribution >= 0.6 is 0 Å². The van der Waals surface area contributed by atoms with Crippen LogP contribution in [0, 0.1) is 11.3 Å². The summed E-state index contributed by atoms with van der Waals surface area (Å²) < 4.78 is 0. The molecule has 1 aliphatic carbocycles. The Morgan fingerprint density at radius 2 is 1.47 bits per heavy atom. The molecule has 1 aliphatic heterocycles. The molecule has 0 bridgehead atoms. The Morgan fingerprint density at radius 1 is 0.969 bits per heavy atom. The van der Waals surface area contributed by atoms with Gasteiger partial charge in [-0.05, 0) is 55.2 Å². The Balaban J connectivity index is 1.53. The fourth-order valence-electron chi connectivity index (χ4n) is 5.40. The Labute approximate surface area is 191 Å². The van der Waals surface area contributed by atoms with Gasteiger partial charge in [-0.15, -0.1) is 0 Å². The molecule has 2 fully saturated rings. The number of carbonyl (C=O) groups excluding carboxylic acids is 2. The van der Waals surface area contributed by atoms with Gasteiger partial charge in [-0.25, -0.2) is 9.69 Å². The topological polar surface area (TPSA) is 52.6 Å². The normalized spacial score (nSPS) is 23.9. The minimum Gasteiger partial charge on any atom is -0.323 e. The number of imide groups is 1. The second-order valence-electron chi connectivity index (χ2n) is 10.5. The highest BCUT2D eigenvalue weighted by molar-refractivity contribution is 6.07. The molecule has 32 heavy (non-hydrogen) atoms. The summed E-state index contributed by atoms with van der Waals surface area (Å²) in [5.41, 5.74) is 1.77. The number of amides is 3. The van der Waals surface area contributed by atoms with Gasteiger partial charge in [0.2, 0.25) is 0 Å². The van der Waals surface area contributed by atoms with Crippen LogP contribution in [0.4, 0.5) is 4.79 Å². The van der Waals surface area contributed by atoms with Crippen molar-refractivity contribution in [2.24, 2.45) is 11.3 Å². The van der Waals surface area contributed by atoms with E-state index in [1.54, 1.807) is 0 Å². The SMILES string of the molecule is CN(CN1C(=O)NC2(CCC(C(C)(C)C)CC2)C1=O)C(c1ccccc1)c1ccccc1. The van der Waals surface area contributed by atoms with Crippen LogP contribution in [0.15, 0.2) is 60.7 Å². The first-order valence-electron chi connectivity index (χ1n) is 11.7. The van der Waals surface area contributed by atoms with Crippen molar-refractivity contribution < 1.29 is 9.59 Å². The lowest BCUT2D eigenvalue weighted by Gasteiger charge is -2.40. The molecule has 1 saturated heterocycles. The summed E-state index contributed by atoms with van der Waals surface area (Å²) in [7, 11) is 1.98. The Hall–Kier alpha value is -2.66. The highest BCUT2D eigenvalue weighted by atomic mass is 16.2. The smallest absolute Gasteiger partial charge is 0.323 e. The Bertz CT molecular complexity index is 904. The first-order valence-corrected chi connectivity index (χ1v) is 11.7. The predicted molar refractivity (Wildman–Crippen MR) is 127 cm³/mol. The molecule has 1 heterocycles. The van der Waals surface area contributed by atoms with Gasteiger partial charge >= 0.3 is 6.03 Å². The summed E-state index contributed by atoms with van der Waals surface area (Å²) in [6.45, 7) is 7.04. The molecule has 0 radical (unpaired) electrons. The van der Waals surface area contributed by atoms with Gasteiger partial charge in [0.1, 0.15) is 5.54 Å². The maximum absolute atomic E-state index is 13.5. The van der Waals surface area contributed by atoms with Gasteiger partial charge in [0.25, 0.3) is 5.91 Å². The fraction of sp³-hybridized carbons (Fsp3) is 0.481. The lowest BCUT2D eigenvalue weighted by Crippen LogP contribution is -2.51. The Morgan fingerprint density at radius 3 is 1.94 bits per heavy atom. The minimum absolute atomic E-state index is 0.0498. The zero-order chi connectivity index (χ0) is 22.9. The number of urea groups is 1. The van der Waals surface area contributed by atoms with E-state index in [1.165, 1.54) is 4.90 Å². The number of rotatable bonds is 5. The third-order valence-corrected chi connectivity index (χ3v) is 7.35. The van der Waals surface area contributed by atoms with E-state index in [4.69, 9.17) is 0 Å². The van der Waals surface area contributed by atoms with E-state index >= 15 is 0 Å². The molecule has 5 nitrogen and oxygen atoms in total. The van der Waals surface area contributed by atoms with Crippen molar-refractivity contribution in [2.75, 3.05) is 13.7 Å². The fourth-order valence-corrected chi connectivity index (χ4v) is 5.40. The molecule has 2 aromatic rings. The van der Waals surface area contributed by atoms with Crippen LogP contribution in [0.1, 0.15) is 63.6 Å². The molecule has 2 aromatic carbocycles. The van der Waals surface area contributed by atoms with Crippen molar-refractivity contribution in [3.63, 3.8) is 0 Å². The molecule has 0 aromatic heterocycles. The molecule has 3 amide bonds. The van der Waals surface area contributed by atoms with Gasteiger partial charge in [-0.3, -0.25) is 9.69 Å². The summed E-state index contributed by atoms with van der Waals surface area (Å²) in [6, 6.07) is 20.1. The van der Waals surface area contributed by atoms with Crippen LogP contribution in [-0.2, 0) is 4.79 Å². The first kappa shape index (κ1) is 22.5. The van der Waals surface area contributed by atoms with Gasteiger partial charge in [0.15, 0.2) is 0 Å². The lowest BCUT2D eigenvalue weighted by atomic mass is 9.67. The number of hydrogen-bond acceptors (Lipinski definition) is 3. The molecule has 0 unspecified atom stereocenters. The zero-order valence-corrected chi connectivity index (χ0v) is 19.7. The van der Waals surface area contributed by atoms with E-state index in [-0.39, 0.29) is 30.1 Å². The first-order chi connectivity index (χ1) is 15.2. The predicted octanol–water partition coefficient (Wildman–Crippen LogP) is 5.19. The van der Waals surface area contributed by atoms with Crippen molar-refractivity contribution in [3.05, 3.63) is 71.8 Å². The summed E-state index contributed by atoms with van der Waals surface area (Å²) in [5.74, 6) is 0.511. The van der Waals surface area contributed by atoms with Gasteiger partial charge < -0.3 is 5.32 Å². The zero-order valence-electron chi connectivity index (χ0n) is 19.7. The minimum atomic E-state index is -0.728. The largest absolute Gasteiger partial charge is 0.326 e. The molecular weight excluding hydrogens is 398 g/mol. The quantitative estimate of drug-likeness (QED) is 0.660. The summed E-state index contributed by atoms with van der Waals surface area (Å²) >= 11 is 0. The summed E-state index contributed by atoms with van der Waals surface area (Å²) in [4.78, 5) is 29.9. The number of nitrogens with zero attached hydrogens (tertiary/aromatic N) is 2. The molecule has 1 saturated carbocycles. The summed E-state index contributed by atoms with van der Waals surface area (Å²) in [6.07, 6.45) is 3.38. The third kappa shape index (κ3) is 4.31. The summed E-state index contributed by atoms with van der Waals surface area (Å²) in [5, 5.41) is 3.08. The van der Waals surface area contributed by atoms with E-state index in [2.05, 4.69) is 55.3 Å². The number of hydrogen-bond donors (Lipinski definition) is 1. The number of carbonyl (C=O) groups is 2. The van der Waals surface area contributed by atoms with E-state index < -0.39 is 5.54 Å². The molecule has 170 valence electrons. The highest BCUT2D eigenvalue weighted by Crippen LogP contribution is 2.43. The lowest BCUT2D eigenvalue weighted by molar-refractivity contribution is -0.134. The van der Waals surface area contributed by atoms with Crippen molar-refractivity contribution in [1.29, 1.82) is 0 Å². The molecule has 2 aliphatic rings. The molecule has 5 heteroatoms. The van der Waals surface area contributed by atoms with Crippen molar-refractivity contribution >= 4 is 11.9 Å². The molecule has 1 N–H and O–H groups in total. The van der Waals surface area contributed by atoms with E-state index in [1.807, 2.05) is 43.4 Å². The van der Waals surface area contributed by atoms with Crippen LogP contribution in [-0.4, -0.2) is 41.0 Å². The maximum atomic E-state index is 13.5. The van der Waals surface area contributed by atoms with Crippen LogP contribution in [0.2, 0.25) is 0 Å². The molecule has 0 atom stereocenters. The van der Waals surface area contributed by atoms with Crippen LogP contribution < -0.4 is 5.32 Å². The number of benzene rings is 2. The van der Waals surface area contributed by atoms with Crippen LogP contribution in [0.25, 0.3) is 0 Å². The average molecular weight is 434 g/mol. The van der Waals surface area contributed by atoms with Gasteiger partial charge in [0, 0.05) is 0 Å². The van der Waals surface area contributed by atoms with Crippen molar-refractivity contribution in [1.82, 2.24) is 15.1 Å². The van der Waals surface area contributed by atoms with E-state index in [0.29, 0.717) is 5.92 Å². The van der Waals surface area contributed by atoms with Crippen LogP contribution in [0.3, 0.4) is 0 Å². The molecule has 4 rings (SSSR count). The standard InChI is InChI=1S/C27H35N3O2/c1-26(2,3)22-15-17-27(18-16-22)24(31)30(25(32)28-27)19-29(4)23(20-11-7-5-8-12-20)21-13-9-6-10-14-21/h5-14,22-23H,15-19H2,1-4H3,(H,28,32). The second kappa shape index (κ2) is 8.70.